The highest BCUT2D eigenvalue weighted by Gasteiger charge is 2.09. The molecule has 0 aliphatic rings. The first-order chi connectivity index (χ1) is 6.70. The van der Waals surface area contributed by atoms with Gasteiger partial charge in [-0.3, -0.25) is 9.07 Å². The van der Waals surface area contributed by atoms with Gasteiger partial charge < -0.3 is 5.32 Å². The van der Waals surface area contributed by atoms with Gasteiger partial charge in [-0.15, -0.1) is 0 Å². The van der Waals surface area contributed by atoms with E-state index in [1.807, 2.05) is 25.6 Å². The van der Waals surface area contributed by atoms with Crippen molar-refractivity contribution in [1.29, 1.82) is 0 Å². The molecule has 0 fully saturated rings. The van der Waals surface area contributed by atoms with Crippen molar-refractivity contribution < 1.29 is 4.39 Å². The fourth-order valence-corrected chi connectivity index (χ4v) is 1.59. The van der Waals surface area contributed by atoms with E-state index in [1.54, 1.807) is 0 Å². The minimum absolute atomic E-state index is 0.278. The summed E-state index contributed by atoms with van der Waals surface area (Å²) in [5.74, 6) is 0. The van der Waals surface area contributed by atoms with Gasteiger partial charge in [0.15, 0.2) is 0 Å². The number of alkyl halides is 1. The smallest absolute Gasteiger partial charge is 0.0912 e. The van der Waals surface area contributed by atoms with E-state index in [4.69, 9.17) is 0 Å². The van der Waals surface area contributed by atoms with E-state index in [-0.39, 0.29) is 6.67 Å². The fourth-order valence-electron chi connectivity index (χ4n) is 1.59. The molecule has 1 rings (SSSR count). The lowest BCUT2D eigenvalue weighted by molar-refractivity contribution is 0.431. The maximum absolute atomic E-state index is 12.0. The van der Waals surface area contributed by atoms with E-state index in [0.29, 0.717) is 13.0 Å². The molecule has 0 spiro atoms. The number of halogens is 1. The summed E-state index contributed by atoms with van der Waals surface area (Å²) in [7, 11) is 1.91. The minimum atomic E-state index is -0.278. The quantitative estimate of drug-likeness (QED) is 0.780. The standard InChI is InChI=1S/C10H18FN3/c1-8-10(7-12-3)9(2)14(13-8)6-4-5-11/h12H,4-7H2,1-3H3. The summed E-state index contributed by atoms with van der Waals surface area (Å²) >= 11 is 0. The van der Waals surface area contributed by atoms with Gasteiger partial charge >= 0.3 is 0 Å². The third kappa shape index (κ3) is 2.32. The predicted octanol–water partition coefficient (Wildman–Crippen LogP) is 1.58. The molecule has 1 aromatic rings. The molecule has 0 aliphatic heterocycles. The zero-order chi connectivity index (χ0) is 10.6. The van der Waals surface area contributed by atoms with Crippen molar-refractivity contribution in [3.8, 4) is 0 Å². The molecule has 0 aliphatic carbocycles. The third-order valence-corrected chi connectivity index (χ3v) is 2.39. The molecule has 0 saturated heterocycles. The Hall–Kier alpha value is -0.900. The first kappa shape index (κ1) is 11.2. The maximum Gasteiger partial charge on any atom is 0.0912 e. The first-order valence-electron chi connectivity index (χ1n) is 4.94. The SMILES string of the molecule is CNCc1c(C)nn(CCCF)c1C. The Morgan fingerprint density at radius 1 is 1.43 bits per heavy atom. The number of hydrogen-bond acceptors (Lipinski definition) is 2. The molecule has 1 aromatic heterocycles. The highest BCUT2D eigenvalue weighted by molar-refractivity contribution is 5.24. The maximum atomic E-state index is 12.0. The molecule has 0 bridgehead atoms. The molecular formula is C10H18FN3. The van der Waals surface area contributed by atoms with E-state index in [0.717, 1.165) is 17.9 Å². The lowest BCUT2D eigenvalue weighted by Gasteiger charge is -2.03. The van der Waals surface area contributed by atoms with Crippen LogP contribution in [0.5, 0.6) is 0 Å². The number of hydrogen-bond donors (Lipinski definition) is 1. The Morgan fingerprint density at radius 2 is 2.14 bits per heavy atom. The van der Waals surface area contributed by atoms with Crippen LogP contribution in [0.25, 0.3) is 0 Å². The summed E-state index contributed by atoms with van der Waals surface area (Å²) in [6.45, 7) is 5.25. The third-order valence-electron chi connectivity index (χ3n) is 2.39. The van der Waals surface area contributed by atoms with Crippen molar-refractivity contribution in [2.45, 2.75) is 33.4 Å². The monoisotopic (exact) mass is 199 g/mol. The van der Waals surface area contributed by atoms with Crippen LogP contribution in [0.4, 0.5) is 4.39 Å². The van der Waals surface area contributed by atoms with Crippen LogP contribution in [-0.4, -0.2) is 23.5 Å². The average Bonchev–Trinajstić information content (AvgIpc) is 2.43. The average molecular weight is 199 g/mol. The van der Waals surface area contributed by atoms with Gasteiger partial charge in [0.05, 0.1) is 12.4 Å². The van der Waals surface area contributed by atoms with Crippen molar-refractivity contribution >= 4 is 0 Å². The van der Waals surface area contributed by atoms with Crippen LogP contribution in [0, 0.1) is 13.8 Å². The van der Waals surface area contributed by atoms with E-state index in [1.165, 1.54) is 5.56 Å². The number of rotatable bonds is 5. The Balaban J connectivity index is 2.81. The second kappa shape index (κ2) is 5.10. The largest absolute Gasteiger partial charge is 0.316 e. The van der Waals surface area contributed by atoms with Gasteiger partial charge in [0.1, 0.15) is 0 Å². The van der Waals surface area contributed by atoms with Crippen LogP contribution in [0.1, 0.15) is 23.4 Å². The summed E-state index contributed by atoms with van der Waals surface area (Å²) in [4.78, 5) is 0. The van der Waals surface area contributed by atoms with E-state index < -0.39 is 0 Å². The van der Waals surface area contributed by atoms with Crippen molar-refractivity contribution in [3.63, 3.8) is 0 Å². The second-order valence-corrected chi connectivity index (χ2v) is 3.45. The number of aryl methyl sites for hydroxylation is 2. The van der Waals surface area contributed by atoms with Gasteiger partial charge in [0.25, 0.3) is 0 Å². The van der Waals surface area contributed by atoms with Crippen molar-refractivity contribution in [3.05, 3.63) is 17.0 Å². The molecule has 0 radical (unpaired) electrons. The summed E-state index contributed by atoms with van der Waals surface area (Å²) in [5, 5.41) is 7.48. The summed E-state index contributed by atoms with van der Waals surface area (Å²) in [6, 6.07) is 0. The Labute approximate surface area is 84.3 Å². The van der Waals surface area contributed by atoms with Crippen LogP contribution in [0.15, 0.2) is 0 Å². The van der Waals surface area contributed by atoms with Gasteiger partial charge in [0.2, 0.25) is 0 Å². The molecular weight excluding hydrogens is 181 g/mol. The zero-order valence-electron chi connectivity index (χ0n) is 9.10. The molecule has 4 heteroatoms. The first-order valence-corrected chi connectivity index (χ1v) is 4.94. The second-order valence-electron chi connectivity index (χ2n) is 3.45. The lowest BCUT2D eigenvalue weighted by atomic mass is 10.2. The molecule has 0 unspecified atom stereocenters. The van der Waals surface area contributed by atoms with Crippen LogP contribution in [-0.2, 0) is 13.1 Å². The number of aromatic nitrogens is 2. The van der Waals surface area contributed by atoms with Crippen molar-refractivity contribution in [2.75, 3.05) is 13.7 Å². The highest BCUT2D eigenvalue weighted by Crippen LogP contribution is 2.12. The predicted molar refractivity (Wildman–Crippen MR) is 55.1 cm³/mol. The molecule has 3 nitrogen and oxygen atoms in total. The van der Waals surface area contributed by atoms with Gasteiger partial charge in [-0.05, 0) is 27.3 Å². The minimum Gasteiger partial charge on any atom is -0.316 e. The number of nitrogens with one attached hydrogen (secondary N) is 1. The summed E-state index contributed by atoms with van der Waals surface area (Å²) < 4.78 is 13.9. The zero-order valence-corrected chi connectivity index (χ0v) is 9.10. The molecule has 0 aromatic carbocycles. The van der Waals surface area contributed by atoms with Crippen LogP contribution in [0.3, 0.4) is 0 Å². The Morgan fingerprint density at radius 3 is 2.71 bits per heavy atom. The van der Waals surface area contributed by atoms with Gasteiger partial charge in [-0.2, -0.15) is 5.10 Å². The molecule has 0 saturated carbocycles. The number of nitrogens with zero attached hydrogens (tertiary/aromatic N) is 2. The summed E-state index contributed by atoms with van der Waals surface area (Å²) in [6.07, 6.45) is 0.543. The van der Waals surface area contributed by atoms with Crippen LogP contribution in [0.2, 0.25) is 0 Å². The molecule has 0 atom stereocenters. The molecule has 0 amide bonds. The Bertz CT molecular complexity index is 294. The highest BCUT2D eigenvalue weighted by atomic mass is 19.1. The molecule has 14 heavy (non-hydrogen) atoms. The van der Waals surface area contributed by atoms with Gasteiger partial charge in [-0.25, -0.2) is 0 Å². The molecule has 1 N–H and O–H groups in total. The van der Waals surface area contributed by atoms with Gasteiger partial charge in [0, 0.05) is 24.3 Å². The van der Waals surface area contributed by atoms with E-state index >= 15 is 0 Å². The Kier molecular flexibility index (Phi) is 4.07. The van der Waals surface area contributed by atoms with Crippen LogP contribution >= 0.6 is 0 Å². The molecule has 80 valence electrons. The van der Waals surface area contributed by atoms with E-state index in [9.17, 15) is 4.39 Å². The summed E-state index contributed by atoms with van der Waals surface area (Å²) in [5.41, 5.74) is 3.41. The lowest BCUT2D eigenvalue weighted by Crippen LogP contribution is -2.08. The normalized spacial score (nSPS) is 10.9. The van der Waals surface area contributed by atoms with Gasteiger partial charge in [-0.1, -0.05) is 0 Å². The fraction of sp³-hybridized carbons (Fsp3) is 0.700. The van der Waals surface area contributed by atoms with Crippen LogP contribution < -0.4 is 5.32 Å². The van der Waals surface area contributed by atoms with Crippen molar-refractivity contribution in [1.82, 2.24) is 15.1 Å². The van der Waals surface area contributed by atoms with Crippen molar-refractivity contribution in [2.24, 2.45) is 0 Å². The van der Waals surface area contributed by atoms with E-state index in [2.05, 4.69) is 10.4 Å². The topological polar surface area (TPSA) is 29.9 Å². The molecule has 1 heterocycles.